The molecule has 4 rings (SSSR count). The lowest BCUT2D eigenvalue weighted by Gasteiger charge is -2.25. The molecule has 2 heterocycles. The van der Waals surface area contributed by atoms with Gasteiger partial charge in [0.25, 0.3) is 0 Å². The zero-order valence-electron chi connectivity index (χ0n) is 12.8. The van der Waals surface area contributed by atoms with E-state index in [1.54, 1.807) is 0 Å². The summed E-state index contributed by atoms with van der Waals surface area (Å²) in [7, 11) is 0. The van der Waals surface area contributed by atoms with E-state index in [0.29, 0.717) is 0 Å². The van der Waals surface area contributed by atoms with Crippen LogP contribution in [0.5, 0.6) is 0 Å². The molecule has 0 radical (unpaired) electrons. The van der Waals surface area contributed by atoms with Crippen molar-refractivity contribution in [1.82, 2.24) is 10.3 Å². The highest BCUT2D eigenvalue weighted by Gasteiger charge is 2.25. The molecular weight excluding hydrogens is 275 g/mol. The minimum absolute atomic E-state index is 0.108. The average Bonchev–Trinajstić information content (AvgIpc) is 2.86. The Morgan fingerprint density at radius 2 is 1.86 bits per heavy atom. The summed E-state index contributed by atoms with van der Waals surface area (Å²) in [5.74, 6) is -0.192. The van der Waals surface area contributed by atoms with Gasteiger partial charge in [0, 0.05) is 23.1 Å². The van der Waals surface area contributed by atoms with Crippen molar-refractivity contribution in [3.05, 3.63) is 70.2 Å². The monoisotopic (exact) mass is 294 g/mol. The lowest BCUT2D eigenvalue weighted by atomic mass is 9.93. The first kappa shape index (κ1) is 13.5. The Bertz CT molecular complexity index is 846. The molecule has 0 fully saturated rings. The summed E-state index contributed by atoms with van der Waals surface area (Å²) < 4.78 is 13.2. The number of nitrogens with one attached hydrogen (secondary N) is 2. The molecule has 0 bridgehead atoms. The number of aryl methyl sites for hydroxylation is 2. The summed E-state index contributed by atoms with van der Waals surface area (Å²) in [6.07, 6.45) is 1.02. The molecule has 0 amide bonds. The molecule has 2 nitrogen and oxygen atoms in total. The van der Waals surface area contributed by atoms with Crippen molar-refractivity contribution in [2.24, 2.45) is 0 Å². The molecule has 112 valence electrons. The number of benzene rings is 2. The molecule has 1 aliphatic rings. The number of hydrogen-bond acceptors (Lipinski definition) is 1. The lowest BCUT2D eigenvalue weighted by Crippen LogP contribution is -2.30. The van der Waals surface area contributed by atoms with Crippen LogP contribution in [0, 0.1) is 19.7 Å². The molecule has 1 unspecified atom stereocenters. The van der Waals surface area contributed by atoms with Crippen molar-refractivity contribution < 1.29 is 4.39 Å². The standard InChI is InChI=1S/C19H19FN2/c1-11-9-12(2)17-15-7-8-21-18(19(15)22-16(17)10-11)13-3-5-14(20)6-4-13/h3-6,9-10,18,21-22H,7-8H2,1-2H3. The molecule has 1 aromatic heterocycles. The average molecular weight is 294 g/mol. The molecule has 22 heavy (non-hydrogen) atoms. The van der Waals surface area contributed by atoms with Crippen LogP contribution in [0.15, 0.2) is 36.4 Å². The summed E-state index contributed by atoms with van der Waals surface area (Å²) in [5, 5.41) is 4.91. The molecule has 3 aromatic rings. The van der Waals surface area contributed by atoms with Gasteiger partial charge in [-0.2, -0.15) is 0 Å². The fourth-order valence-electron chi connectivity index (χ4n) is 3.71. The van der Waals surface area contributed by atoms with E-state index in [1.165, 1.54) is 45.4 Å². The quantitative estimate of drug-likeness (QED) is 0.693. The van der Waals surface area contributed by atoms with Crippen LogP contribution in [-0.2, 0) is 6.42 Å². The molecule has 3 heteroatoms. The Morgan fingerprint density at radius 1 is 1.09 bits per heavy atom. The molecule has 2 aromatic carbocycles. The van der Waals surface area contributed by atoms with Crippen LogP contribution in [0.3, 0.4) is 0 Å². The Balaban J connectivity index is 1.91. The normalized spacial score (nSPS) is 17.7. The highest BCUT2D eigenvalue weighted by Crippen LogP contribution is 2.35. The number of fused-ring (bicyclic) bond motifs is 3. The van der Waals surface area contributed by atoms with Crippen LogP contribution in [0.2, 0.25) is 0 Å². The van der Waals surface area contributed by atoms with Crippen LogP contribution >= 0.6 is 0 Å². The van der Waals surface area contributed by atoms with Gasteiger partial charge < -0.3 is 10.3 Å². The van der Waals surface area contributed by atoms with E-state index in [4.69, 9.17) is 0 Å². The van der Waals surface area contributed by atoms with Crippen molar-refractivity contribution in [2.75, 3.05) is 6.54 Å². The van der Waals surface area contributed by atoms with Gasteiger partial charge >= 0.3 is 0 Å². The second kappa shape index (κ2) is 4.96. The maximum absolute atomic E-state index is 13.2. The smallest absolute Gasteiger partial charge is 0.123 e. The maximum atomic E-state index is 13.2. The maximum Gasteiger partial charge on any atom is 0.123 e. The van der Waals surface area contributed by atoms with Gasteiger partial charge in [0.15, 0.2) is 0 Å². The third-order valence-electron chi connectivity index (χ3n) is 4.59. The third kappa shape index (κ3) is 2.04. The predicted octanol–water partition coefficient (Wildman–Crippen LogP) is 4.16. The first-order valence-corrected chi connectivity index (χ1v) is 7.74. The van der Waals surface area contributed by atoms with Crippen molar-refractivity contribution in [3.8, 4) is 0 Å². The van der Waals surface area contributed by atoms with E-state index in [9.17, 15) is 4.39 Å². The largest absolute Gasteiger partial charge is 0.357 e. The SMILES string of the molecule is Cc1cc(C)c2c3c([nH]c2c1)C(c1ccc(F)cc1)NCC3. The zero-order chi connectivity index (χ0) is 15.3. The van der Waals surface area contributed by atoms with Gasteiger partial charge in [-0.3, -0.25) is 0 Å². The Morgan fingerprint density at radius 3 is 2.64 bits per heavy atom. The van der Waals surface area contributed by atoms with Crippen molar-refractivity contribution in [2.45, 2.75) is 26.3 Å². The van der Waals surface area contributed by atoms with Crippen molar-refractivity contribution in [1.29, 1.82) is 0 Å². The Labute approximate surface area is 129 Å². The molecule has 0 spiro atoms. The van der Waals surface area contributed by atoms with Gasteiger partial charge in [0.2, 0.25) is 0 Å². The van der Waals surface area contributed by atoms with Gasteiger partial charge in [-0.25, -0.2) is 4.39 Å². The summed E-state index contributed by atoms with van der Waals surface area (Å²) in [4.78, 5) is 3.60. The van der Waals surface area contributed by atoms with Crippen LogP contribution in [-0.4, -0.2) is 11.5 Å². The molecular formula is C19H19FN2. The van der Waals surface area contributed by atoms with E-state index >= 15 is 0 Å². The van der Waals surface area contributed by atoms with E-state index in [0.717, 1.165) is 18.5 Å². The van der Waals surface area contributed by atoms with Crippen molar-refractivity contribution >= 4 is 10.9 Å². The van der Waals surface area contributed by atoms with Crippen LogP contribution < -0.4 is 5.32 Å². The van der Waals surface area contributed by atoms with Crippen molar-refractivity contribution in [3.63, 3.8) is 0 Å². The minimum Gasteiger partial charge on any atom is -0.357 e. The van der Waals surface area contributed by atoms with E-state index in [-0.39, 0.29) is 11.9 Å². The van der Waals surface area contributed by atoms with Gasteiger partial charge in [0.1, 0.15) is 5.82 Å². The Kier molecular flexibility index (Phi) is 3.05. The summed E-state index contributed by atoms with van der Waals surface area (Å²) in [6.45, 7) is 5.25. The highest BCUT2D eigenvalue weighted by atomic mass is 19.1. The highest BCUT2D eigenvalue weighted by molar-refractivity contribution is 5.89. The second-order valence-electron chi connectivity index (χ2n) is 6.21. The van der Waals surface area contributed by atoms with Gasteiger partial charge in [0.05, 0.1) is 6.04 Å². The first-order valence-electron chi connectivity index (χ1n) is 7.74. The molecule has 0 saturated carbocycles. The fraction of sp³-hybridized carbons (Fsp3) is 0.263. The number of aromatic nitrogens is 1. The number of rotatable bonds is 1. The summed E-state index contributed by atoms with van der Waals surface area (Å²) >= 11 is 0. The topological polar surface area (TPSA) is 27.8 Å². The van der Waals surface area contributed by atoms with Gasteiger partial charge in [-0.05, 0) is 60.7 Å². The minimum atomic E-state index is -0.192. The number of halogens is 1. The van der Waals surface area contributed by atoms with Crippen LogP contribution in [0.25, 0.3) is 10.9 Å². The van der Waals surface area contributed by atoms with Gasteiger partial charge in [-0.15, -0.1) is 0 Å². The molecule has 2 N–H and O–H groups in total. The van der Waals surface area contributed by atoms with Gasteiger partial charge in [-0.1, -0.05) is 18.2 Å². The Hall–Kier alpha value is -2.13. The van der Waals surface area contributed by atoms with Crippen LogP contribution in [0.4, 0.5) is 4.39 Å². The number of hydrogen-bond donors (Lipinski definition) is 2. The molecule has 0 saturated heterocycles. The summed E-state index contributed by atoms with van der Waals surface area (Å²) in [5.41, 5.74) is 7.53. The zero-order valence-corrected chi connectivity index (χ0v) is 12.8. The molecule has 1 aliphatic heterocycles. The predicted molar refractivity (Wildman–Crippen MR) is 87.7 cm³/mol. The number of aromatic amines is 1. The first-order chi connectivity index (χ1) is 10.6. The van der Waals surface area contributed by atoms with E-state index in [2.05, 4.69) is 36.3 Å². The second-order valence-corrected chi connectivity index (χ2v) is 6.21. The molecule has 0 aliphatic carbocycles. The number of H-pyrrole nitrogens is 1. The van der Waals surface area contributed by atoms with Crippen LogP contribution in [0.1, 0.15) is 34.0 Å². The lowest BCUT2D eigenvalue weighted by molar-refractivity contribution is 0.558. The van der Waals surface area contributed by atoms with E-state index in [1.807, 2.05) is 12.1 Å². The summed E-state index contributed by atoms with van der Waals surface area (Å²) in [6, 6.07) is 11.4. The third-order valence-corrected chi connectivity index (χ3v) is 4.59. The molecule has 1 atom stereocenters. The van der Waals surface area contributed by atoms with E-state index < -0.39 is 0 Å². The fourth-order valence-corrected chi connectivity index (χ4v) is 3.71.